The smallest absolute Gasteiger partial charge is 0.405 e. The maximum Gasteiger partial charge on any atom is 0.405 e. The molecular formula is C6H10N2O3. The zero-order valence-electron chi connectivity index (χ0n) is 6.13. The SMILES string of the molecule is CC1CNC(=O)C1NC(=O)O. The summed E-state index contributed by atoms with van der Waals surface area (Å²) >= 11 is 0. The molecule has 0 bridgehead atoms. The minimum absolute atomic E-state index is 0.0404. The van der Waals surface area contributed by atoms with Gasteiger partial charge in [0.15, 0.2) is 0 Å². The average molecular weight is 158 g/mol. The molecule has 2 amide bonds. The van der Waals surface area contributed by atoms with Gasteiger partial charge in [-0.25, -0.2) is 4.79 Å². The molecule has 0 aromatic rings. The Morgan fingerprint density at radius 2 is 2.45 bits per heavy atom. The van der Waals surface area contributed by atoms with Crippen LogP contribution in [0.4, 0.5) is 4.79 Å². The molecule has 0 radical (unpaired) electrons. The molecule has 2 atom stereocenters. The van der Waals surface area contributed by atoms with Gasteiger partial charge >= 0.3 is 6.09 Å². The van der Waals surface area contributed by atoms with Gasteiger partial charge in [0.25, 0.3) is 0 Å². The van der Waals surface area contributed by atoms with Crippen molar-refractivity contribution in [2.75, 3.05) is 6.54 Å². The van der Waals surface area contributed by atoms with Crippen molar-refractivity contribution in [1.29, 1.82) is 0 Å². The first-order valence-corrected chi connectivity index (χ1v) is 3.38. The highest BCUT2D eigenvalue weighted by Gasteiger charge is 2.32. The number of carboxylic acid groups (broad SMARTS) is 1. The average Bonchev–Trinajstić information content (AvgIpc) is 2.18. The van der Waals surface area contributed by atoms with Crippen LogP contribution in [-0.2, 0) is 4.79 Å². The monoisotopic (exact) mass is 158 g/mol. The Balaban J connectivity index is 2.54. The van der Waals surface area contributed by atoms with Crippen molar-refractivity contribution < 1.29 is 14.7 Å². The Labute approximate surface area is 63.8 Å². The molecule has 0 aliphatic carbocycles. The number of nitrogens with one attached hydrogen (secondary N) is 2. The van der Waals surface area contributed by atoms with Crippen LogP contribution in [0, 0.1) is 5.92 Å². The maximum absolute atomic E-state index is 10.9. The Morgan fingerprint density at radius 3 is 2.82 bits per heavy atom. The third-order valence-corrected chi connectivity index (χ3v) is 1.73. The molecule has 1 fully saturated rings. The van der Waals surface area contributed by atoms with E-state index in [0.29, 0.717) is 6.54 Å². The number of hydrogen-bond acceptors (Lipinski definition) is 2. The molecule has 5 heteroatoms. The van der Waals surface area contributed by atoms with Gasteiger partial charge in [-0.1, -0.05) is 6.92 Å². The molecule has 0 aromatic carbocycles. The van der Waals surface area contributed by atoms with Gasteiger partial charge in [-0.15, -0.1) is 0 Å². The summed E-state index contributed by atoms with van der Waals surface area (Å²) in [7, 11) is 0. The summed E-state index contributed by atoms with van der Waals surface area (Å²) in [6, 6.07) is -0.576. The molecule has 1 rings (SSSR count). The lowest BCUT2D eigenvalue weighted by Crippen LogP contribution is -2.42. The van der Waals surface area contributed by atoms with Gasteiger partial charge in [0.2, 0.25) is 5.91 Å². The van der Waals surface area contributed by atoms with Crippen LogP contribution >= 0.6 is 0 Å². The van der Waals surface area contributed by atoms with E-state index in [1.54, 1.807) is 0 Å². The Hall–Kier alpha value is -1.26. The van der Waals surface area contributed by atoms with E-state index in [1.165, 1.54) is 0 Å². The van der Waals surface area contributed by atoms with E-state index in [2.05, 4.69) is 10.6 Å². The Bertz CT molecular complexity index is 192. The van der Waals surface area contributed by atoms with E-state index in [-0.39, 0.29) is 11.8 Å². The van der Waals surface area contributed by atoms with E-state index in [9.17, 15) is 9.59 Å². The Kier molecular flexibility index (Phi) is 1.98. The van der Waals surface area contributed by atoms with E-state index in [0.717, 1.165) is 0 Å². The molecule has 0 aromatic heterocycles. The Morgan fingerprint density at radius 1 is 1.82 bits per heavy atom. The van der Waals surface area contributed by atoms with E-state index in [1.807, 2.05) is 6.92 Å². The van der Waals surface area contributed by atoms with Gasteiger partial charge in [-0.3, -0.25) is 4.79 Å². The molecule has 5 nitrogen and oxygen atoms in total. The van der Waals surface area contributed by atoms with Crippen molar-refractivity contribution in [2.24, 2.45) is 5.92 Å². The third-order valence-electron chi connectivity index (χ3n) is 1.73. The number of carbonyl (C=O) groups is 2. The van der Waals surface area contributed by atoms with Crippen LogP contribution in [-0.4, -0.2) is 29.7 Å². The van der Waals surface area contributed by atoms with Crippen LogP contribution < -0.4 is 10.6 Å². The van der Waals surface area contributed by atoms with E-state index < -0.39 is 12.1 Å². The van der Waals surface area contributed by atoms with Gasteiger partial charge in [0.1, 0.15) is 6.04 Å². The third kappa shape index (κ3) is 1.60. The predicted octanol–water partition coefficient (Wildman–Crippen LogP) is -0.611. The lowest BCUT2D eigenvalue weighted by atomic mass is 10.1. The van der Waals surface area contributed by atoms with Crippen LogP contribution in [0.5, 0.6) is 0 Å². The van der Waals surface area contributed by atoms with Crippen LogP contribution in [0.25, 0.3) is 0 Å². The zero-order valence-corrected chi connectivity index (χ0v) is 6.13. The second-order valence-corrected chi connectivity index (χ2v) is 2.65. The zero-order chi connectivity index (χ0) is 8.43. The molecule has 0 saturated carbocycles. The molecule has 1 heterocycles. The number of rotatable bonds is 1. The quantitative estimate of drug-likeness (QED) is 0.476. The summed E-state index contributed by atoms with van der Waals surface area (Å²) in [5.41, 5.74) is 0. The van der Waals surface area contributed by atoms with Crippen molar-refractivity contribution in [3.63, 3.8) is 0 Å². The minimum Gasteiger partial charge on any atom is -0.465 e. The molecule has 62 valence electrons. The molecule has 0 spiro atoms. The van der Waals surface area contributed by atoms with Gasteiger partial charge in [-0.05, 0) is 0 Å². The highest BCUT2D eigenvalue weighted by molar-refractivity contribution is 5.87. The topological polar surface area (TPSA) is 78.4 Å². The summed E-state index contributed by atoms with van der Waals surface area (Å²) in [5.74, 6) is -0.196. The second-order valence-electron chi connectivity index (χ2n) is 2.65. The second kappa shape index (κ2) is 2.77. The standard InChI is InChI=1S/C6H10N2O3/c1-3-2-7-5(9)4(3)8-6(10)11/h3-4,8H,2H2,1H3,(H,7,9)(H,10,11). The summed E-state index contributed by atoms with van der Waals surface area (Å²) in [5, 5.41) is 13.0. The highest BCUT2D eigenvalue weighted by atomic mass is 16.4. The highest BCUT2D eigenvalue weighted by Crippen LogP contribution is 2.08. The molecular weight excluding hydrogens is 148 g/mol. The molecule has 1 aliphatic heterocycles. The molecule has 2 unspecified atom stereocenters. The summed E-state index contributed by atoms with van der Waals surface area (Å²) < 4.78 is 0. The van der Waals surface area contributed by atoms with Gasteiger partial charge in [-0.2, -0.15) is 0 Å². The first kappa shape index (κ1) is 7.84. The molecule has 11 heavy (non-hydrogen) atoms. The van der Waals surface area contributed by atoms with Gasteiger partial charge in [0, 0.05) is 12.5 Å². The number of amides is 2. The summed E-state index contributed by atoms with van der Waals surface area (Å²) in [6.45, 7) is 2.36. The maximum atomic E-state index is 10.9. The normalized spacial score (nSPS) is 29.7. The molecule has 1 aliphatic rings. The predicted molar refractivity (Wildman–Crippen MR) is 37.1 cm³/mol. The van der Waals surface area contributed by atoms with Crippen LogP contribution in [0.15, 0.2) is 0 Å². The van der Waals surface area contributed by atoms with E-state index >= 15 is 0 Å². The van der Waals surface area contributed by atoms with Gasteiger partial charge < -0.3 is 15.7 Å². The number of carbonyl (C=O) groups excluding carboxylic acids is 1. The fourth-order valence-electron chi connectivity index (χ4n) is 1.09. The van der Waals surface area contributed by atoms with Crippen LogP contribution in [0.2, 0.25) is 0 Å². The van der Waals surface area contributed by atoms with Crippen molar-refractivity contribution >= 4 is 12.0 Å². The van der Waals surface area contributed by atoms with Crippen molar-refractivity contribution in [3.05, 3.63) is 0 Å². The lowest BCUT2D eigenvalue weighted by molar-refractivity contribution is -0.121. The first-order valence-electron chi connectivity index (χ1n) is 3.38. The molecule has 3 N–H and O–H groups in total. The summed E-state index contributed by atoms with van der Waals surface area (Å²) in [6.07, 6.45) is -1.15. The van der Waals surface area contributed by atoms with Crippen LogP contribution in [0.1, 0.15) is 6.92 Å². The minimum atomic E-state index is -1.15. The van der Waals surface area contributed by atoms with Crippen molar-refractivity contribution in [2.45, 2.75) is 13.0 Å². The summed E-state index contributed by atoms with van der Waals surface area (Å²) in [4.78, 5) is 21.0. The van der Waals surface area contributed by atoms with Gasteiger partial charge in [0.05, 0.1) is 0 Å². The first-order chi connectivity index (χ1) is 5.11. The number of hydrogen-bond donors (Lipinski definition) is 3. The fraction of sp³-hybridized carbons (Fsp3) is 0.667. The van der Waals surface area contributed by atoms with Crippen LogP contribution in [0.3, 0.4) is 0 Å². The van der Waals surface area contributed by atoms with Crippen molar-refractivity contribution in [1.82, 2.24) is 10.6 Å². The fourth-order valence-corrected chi connectivity index (χ4v) is 1.09. The van der Waals surface area contributed by atoms with Crippen molar-refractivity contribution in [3.8, 4) is 0 Å². The largest absolute Gasteiger partial charge is 0.465 e. The van der Waals surface area contributed by atoms with E-state index in [4.69, 9.17) is 5.11 Å². The molecule has 1 saturated heterocycles. The lowest BCUT2D eigenvalue weighted by Gasteiger charge is -2.10.